The first kappa shape index (κ1) is 14.6. The van der Waals surface area contributed by atoms with E-state index in [1.165, 1.54) is 44.9 Å². The fourth-order valence-electron chi connectivity index (χ4n) is 5.90. The minimum absolute atomic E-state index is 0.155. The second kappa shape index (κ2) is 4.60. The molecule has 3 rings (SSSR count). The Bertz CT molecular complexity index is 421. The molecule has 114 valence electrons. The van der Waals surface area contributed by atoms with Crippen LogP contribution in [0.4, 0.5) is 0 Å². The fourth-order valence-corrected chi connectivity index (χ4v) is 5.90. The third-order valence-corrected chi connectivity index (χ3v) is 7.11. The number of hydrogen-bond acceptors (Lipinski definition) is 1. The van der Waals surface area contributed by atoms with Gasteiger partial charge in [0.2, 0.25) is 0 Å². The molecule has 20 heavy (non-hydrogen) atoms. The topological polar surface area (TPSA) is 20.2 Å². The first-order chi connectivity index (χ1) is 9.31. The van der Waals surface area contributed by atoms with Crippen molar-refractivity contribution in [3.8, 4) is 0 Å². The molecule has 2 saturated carbocycles. The van der Waals surface area contributed by atoms with Gasteiger partial charge in [0, 0.05) is 6.61 Å². The maximum atomic E-state index is 9.96. The van der Waals surface area contributed by atoms with Gasteiger partial charge in [0.15, 0.2) is 0 Å². The maximum Gasteiger partial charge on any atom is 0.0487 e. The van der Waals surface area contributed by atoms with Crippen LogP contribution < -0.4 is 0 Å². The van der Waals surface area contributed by atoms with Crippen molar-refractivity contribution in [1.82, 2.24) is 0 Å². The van der Waals surface area contributed by atoms with Gasteiger partial charge in [0.25, 0.3) is 0 Å². The van der Waals surface area contributed by atoms with E-state index in [1.54, 1.807) is 5.57 Å². The van der Waals surface area contributed by atoms with Crippen molar-refractivity contribution in [1.29, 1.82) is 0 Å². The van der Waals surface area contributed by atoms with Crippen LogP contribution in [-0.2, 0) is 0 Å². The molecule has 0 heterocycles. The van der Waals surface area contributed by atoms with Crippen LogP contribution in [0, 0.1) is 28.1 Å². The zero-order valence-electron chi connectivity index (χ0n) is 13.8. The molecular weight excluding hydrogens is 244 g/mol. The van der Waals surface area contributed by atoms with Crippen molar-refractivity contribution in [2.45, 2.75) is 72.6 Å². The first-order valence-electron chi connectivity index (χ1n) is 8.61. The predicted octanol–water partition coefficient (Wildman–Crippen LogP) is 4.95. The summed E-state index contributed by atoms with van der Waals surface area (Å²) in [6.45, 7) is 10.1. The van der Waals surface area contributed by atoms with Crippen molar-refractivity contribution in [2.24, 2.45) is 28.1 Å². The molecule has 0 saturated heterocycles. The predicted molar refractivity (Wildman–Crippen MR) is 84.5 cm³/mol. The molecule has 1 N–H and O–H groups in total. The summed E-state index contributed by atoms with van der Waals surface area (Å²) < 4.78 is 0. The minimum Gasteiger partial charge on any atom is -0.396 e. The summed E-state index contributed by atoms with van der Waals surface area (Å²) in [6, 6.07) is 0. The Hall–Kier alpha value is -0.300. The highest BCUT2D eigenvalue weighted by Crippen LogP contribution is 2.63. The zero-order chi connectivity index (χ0) is 14.6. The Morgan fingerprint density at radius 1 is 1.15 bits per heavy atom. The molecule has 2 fully saturated rings. The molecule has 0 aromatic heterocycles. The summed E-state index contributed by atoms with van der Waals surface area (Å²) in [5.74, 6) is 1.48. The lowest BCUT2D eigenvalue weighted by Gasteiger charge is -2.59. The van der Waals surface area contributed by atoms with Gasteiger partial charge >= 0.3 is 0 Å². The molecule has 1 nitrogen and oxygen atoms in total. The molecule has 0 radical (unpaired) electrons. The van der Waals surface area contributed by atoms with Gasteiger partial charge in [-0.05, 0) is 66.6 Å². The van der Waals surface area contributed by atoms with Crippen LogP contribution in [0.15, 0.2) is 11.6 Å². The van der Waals surface area contributed by atoms with E-state index in [-0.39, 0.29) is 5.41 Å². The van der Waals surface area contributed by atoms with E-state index in [0.717, 1.165) is 5.92 Å². The smallest absolute Gasteiger partial charge is 0.0487 e. The Morgan fingerprint density at radius 3 is 2.60 bits per heavy atom. The highest BCUT2D eigenvalue weighted by molar-refractivity contribution is 5.23. The molecule has 0 aromatic rings. The standard InChI is InChI=1S/C19H32O/c1-17(2)11-8-15-14(12-17)6-7-16-18(3,13-20)9-5-10-19(15,16)4/h6,15-16,20H,5,7-13H2,1-4H3/t15-,16+,18-,19+/m0/s1. The van der Waals surface area contributed by atoms with E-state index in [9.17, 15) is 5.11 Å². The van der Waals surface area contributed by atoms with E-state index >= 15 is 0 Å². The second-order valence-corrected chi connectivity index (χ2v) is 9.17. The van der Waals surface area contributed by atoms with Crippen molar-refractivity contribution < 1.29 is 5.11 Å². The number of hydrogen-bond donors (Lipinski definition) is 1. The molecule has 0 aliphatic heterocycles. The van der Waals surface area contributed by atoms with Gasteiger partial charge in [-0.3, -0.25) is 0 Å². The summed E-state index contributed by atoms with van der Waals surface area (Å²) in [7, 11) is 0. The molecule has 0 aromatic carbocycles. The average Bonchev–Trinajstić information content (AvgIpc) is 2.37. The summed E-state index contributed by atoms with van der Waals surface area (Å²) in [5, 5.41) is 9.96. The van der Waals surface area contributed by atoms with Gasteiger partial charge in [-0.15, -0.1) is 0 Å². The van der Waals surface area contributed by atoms with Crippen molar-refractivity contribution in [2.75, 3.05) is 6.61 Å². The van der Waals surface area contributed by atoms with E-state index < -0.39 is 0 Å². The fraction of sp³-hybridized carbons (Fsp3) is 0.895. The number of rotatable bonds is 1. The lowest BCUT2D eigenvalue weighted by Crippen LogP contribution is -2.52. The van der Waals surface area contributed by atoms with Crippen LogP contribution in [-0.4, -0.2) is 11.7 Å². The molecular formula is C19H32O. The van der Waals surface area contributed by atoms with Crippen LogP contribution in [0.5, 0.6) is 0 Å². The third kappa shape index (κ3) is 2.08. The number of aliphatic hydroxyl groups excluding tert-OH is 1. The van der Waals surface area contributed by atoms with Crippen molar-refractivity contribution in [3.05, 3.63) is 11.6 Å². The summed E-state index contributed by atoms with van der Waals surface area (Å²) >= 11 is 0. The summed E-state index contributed by atoms with van der Waals surface area (Å²) in [4.78, 5) is 0. The normalized spacial score (nSPS) is 47.1. The summed E-state index contributed by atoms with van der Waals surface area (Å²) in [5.41, 5.74) is 2.85. The highest BCUT2D eigenvalue weighted by atomic mass is 16.3. The van der Waals surface area contributed by atoms with Crippen LogP contribution in [0.2, 0.25) is 0 Å². The Balaban J connectivity index is 1.95. The Kier molecular flexibility index (Phi) is 3.36. The third-order valence-electron chi connectivity index (χ3n) is 7.11. The average molecular weight is 276 g/mol. The van der Waals surface area contributed by atoms with Crippen LogP contribution in [0.25, 0.3) is 0 Å². The minimum atomic E-state index is 0.155. The largest absolute Gasteiger partial charge is 0.396 e. The van der Waals surface area contributed by atoms with Gasteiger partial charge in [-0.2, -0.15) is 0 Å². The molecule has 1 heteroatoms. The SMILES string of the molecule is CC1(C)CC[C@H]2C(=CC[C@@H]3[C@](C)(CO)CCC[C@@]32C)C1. The second-order valence-electron chi connectivity index (χ2n) is 9.17. The van der Waals surface area contributed by atoms with Gasteiger partial charge in [-0.1, -0.05) is 45.8 Å². The van der Waals surface area contributed by atoms with E-state index in [1.807, 2.05) is 0 Å². The molecule has 0 spiro atoms. The number of fused-ring (bicyclic) bond motifs is 3. The molecule has 3 aliphatic carbocycles. The molecule has 3 aliphatic rings. The van der Waals surface area contributed by atoms with Crippen molar-refractivity contribution >= 4 is 0 Å². The van der Waals surface area contributed by atoms with Gasteiger partial charge in [-0.25, -0.2) is 0 Å². The Labute approximate surface area is 124 Å². The zero-order valence-corrected chi connectivity index (χ0v) is 13.8. The van der Waals surface area contributed by atoms with Crippen molar-refractivity contribution in [3.63, 3.8) is 0 Å². The van der Waals surface area contributed by atoms with Crippen LogP contribution in [0.1, 0.15) is 72.6 Å². The molecule has 0 unspecified atom stereocenters. The Morgan fingerprint density at radius 2 is 1.90 bits per heavy atom. The number of aliphatic hydroxyl groups is 1. The molecule has 0 amide bonds. The van der Waals surface area contributed by atoms with Crippen LogP contribution in [0.3, 0.4) is 0 Å². The first-order valence-corrected chi connectivity index (χ1v) is 8.61. The monoisotopic (exact) mass is 276 g/mol. The summed E-state index contributed by atoms with van der Waals surface area (Å²) in [6.07, 6.45) is 11.7. The van der Waals surface area contributed by atoms with Gasteiger partial charge in [0.05, 0.1) is 0 Å². The lowest BCUT2D eigenvalue weighted by atomic mass is 9.46. The van der Waals surface area contributed by atoms with Gasteiger partial charge in [0.1, 0.15) is 0 Å². The lowest BCUT2D eigenvalue weighted by molar-refractivity contribution is -0.0813. The van der Waals surface area contributed by atoms with Gasteiger partial charge < -0.3 is 5.11 Å². The quantitative estimate of drug-likeness (QED) is 0.672. The van der Waals surface area contributed by atoms with E-state index in [2.05, 4.69) is 33.8 Å². The highest BCUT2D eigenvalue weighted by Gasteiger charge is 2.54. The molecule has 0 bridgehead atoms. The van der Waals surface area contributed by atoms with E-state index in [0.29, 0.717) is 23.4 Å². The maximum absolute atomic E-state index is 9.96. The van der Waals surface area contributed by atoms with E-state index in [4.69, 9.17) is 0 Å². The molecule has 4 atom stereocenters. The van der Waals surface area contributed by atoms with Crippen LogP contribution >= 0.6 is 0 Å². The number of allylic oxidation sites excluding steroid dienone is 2.